The normalized spacial score (nSPS) is 10.8. The molecule has 0 amide bonds. The number of carbonyl (C=O) groups is 1. The molecular weight excluding hydrogens is 300 g/mol. The van der Waals surface area contributed by atoms with Crippen molar-refractivity contribution in [3.63, 3.8) is 0 Å². The molecule has 0 saturated carbocycles. The lowest BCUT2D eigenvalue weighted by Gasteiger charge is -2.04. The summed E-state index contributed by atoms with van der Waals surface area (Å²) >= 11 is 5.69. The Morgan fingerprint density at radius 2 is 2.09 bits per heavy atom. The second-order valence-electron chi connectivity index (χ2n) is 4.76. The van der Waals surface area contributed by atoms with Crippen molar-refractivity contribution in [2.24, 2.45) is 0 Å². The lowest BCUT2D eigenvalue weighted by molar-refractivity contribution is 0.104. The highest BCUT2D eigenvalue weighted by Gasteiger charge is 2.07. The van der Waals surface area contributed by atoms with E-state index in [1.54, 1.807) is 25.3 Å². The van der Waals surface area contributed by atoms with Gasteiger partial charge in [-0.25, -0.2) is 0 Å². The number of halogens is 1. The molecule has 0 unspecified atom stereocenters. The molecule has 2 aromatic rings. The number of hydrogen-bond acceptors (Lipinski definition) is 3. The van der Waals surface area contributed by atoms with Crippen LogP contribution in [-0.2, 0) is 6.42 Å². The number of rotatable bonds is 6. The SMILES string of the molecule is COc1cccc(C=CC(=O)c2ccc(O)c(CCCl)c2)c1. The van der Waals surface area contributed by atoms with Crippen molar-refractivity contribution in [3.05, 3.63) is 65.2 Å². The Morgan fingerprint density at radius 3 is 2.82 bits per heavy atom. The van der Waals surface area contributed by atoms with E-state index in [0.717, 1.165) is 11.3 Å². The van der Waals surface area contributed by atoms with Crippen LogP contribution in [-0.4, -0.2) is 23.9 Å². The first-order chi connectivity index (χ1) is 10.6. The summed E-state index contributed by atoms with van der Waals surface area (Å²) in [5.41, 5.74) is 2.08. The molecule has 0 fully saturated rings. The average Bonchev–Trinajstić information content (AvgIpc) is 2.55. The van der Waals surface area contributed by atoms with Gasteiger partial charge in [-0.15, -0.1) is 11.6 Å². The van der Waals surface area contributed by atoms with Crippen LogP contribution in [0.3, 0.4) is 0 Å². The van der Waals surface area contributed by atoms with Gasteiger partial charge in [0.25, 0.3) is 0 Å². The molecule has 0 bridgehead atoms. The highest BCUT2D eigenvalue weighted by molar-refractivity contribution is 6.18. The van der Waals surface area contributed by atoms with Crippen molar-refractivity contribution >= 4 is 23.5 Å². The lowest BCUT2D eigenvalue weighted by atomic mass is 10.0. The van der Waals surface area contributed by atoms with Gasteiger partial charge < -0.3 is 9.84 Å². The number of carbonyl (C=O) groups excluding carboxylic acids is 1. The molecule has 0 heterocycles. The minimum absolute atomic E-state index is 0.126. The van der Waals surface area contributed by atoms with Crippen molar-refractivity contribution in [2.45, 2.75) is 6.42 Å². The van der Waals surface area contributed by atoms with E-state index in [2.05, 4.69) is 0 Å². The Labute approximate surface area is 134 Å². The summed E-state index contributed by atoms with van der Waals surface area (Å²) in [6.45, 7) is 0. The smallest absolute Gasteiger partial charge is 0.185 e. The van der Waals surface area contributed by atoms with E-state index in [4.69, 9.17) is 16.3 Å². The maximum atomic E-state index is 12.2. The van der Waals surface area contributed by atoms with Gasteiger partial charge in [0.1, 0.15) is 11.5 Å². The van der Waals surface area contributed by atoms with Crippen LogP contribution in [0.4, 0.5) is 0 Å². The van der Waals surface area contributed by atoms with Crippen molar-refractivity contribution in [2.75, 3.05) is 13.0 Å². The summed E-state index contributed by atoms with van der Waals surface area (Å²) in [6, 6.07) is 12.2. The first-order valence-corrected chi connectivity index (χ1v) is 7.42. The highest BCUT2D eigenvalue weighted by Crippen LogP contribution is 2.20. The number of ether oxygens (including phenoxy) is 1. The van der Waals surface area contributed by atoms with Crippen molar-refractivity contribution in [1.29, 1.82) is 0 Å². The summed E-state index contributed by atoms with van der Waals surface area (Å²) in [5, 5.41) is 9.71. The topological polar surface area (TPSA) is 46.5 Å². The standard InChI is InChI=1S/C18H17ClO3/c1-22-16-4-2-3-13(11-16)5-7-17(20)14-6-8-18(21)15(12-14)9-10-19/h2-8,11-12,21H,9-10H2,1H3. The Morgan fingerprint density at radius 1 is 1.27 bits per heavy atom. The second kappa shape index (κ2) is 7.66. The van der Waals surface area contributed by atoms with Crippen LogP contribution in [0.15, 0.2) is 48.5 Å². The molecule has 0 saturated heterocycles. The molecule has 114 valence electrons. The van der Waals surface area contributed by atoms with Crippen molar-refractivity contribution < 1.29 is 14.6 Å². The summed E-state index contributed by atoms with van der Waals surface area (Å²) < 4.78 is 5.14. The first-order valence-electron chi connectivity index (χ1n) is 6.88. The van der Waals surface area contributed by atoms with Gasteiger partial charge in [0.05, 0.1) is 7.11 Å². The van der Waals surface area contributed by atoms with E-state index < -0.39 is 0 Å². The summed E-state index contributed by atoms with van der Waals surface area (Å²) in [6.07, 6.45) is 3.76. The van der Waals surface area contributed by atoms with E-state index in [1.807, 2.05) is 24.3 Å². The largest absolute Gasteiger partial charge is 0.508 e. The van der Waals surface area contributed by atoms with Gasteiger partial charge in [-0.1, -0.05) is 18.2 Å². The molecule has 1 N–H and O–H groups in total. The third-order valence-electron chi connectivity index (χ3n) is 3.25. The fourth-order valence-corrected chi connectivity index (χ4v) is 2.26. The van der Waals surface area contributed by atoms with E-state index in [-0.39, 0.29) is 11.5 Å². The van der Waals surface area contributed by atoms with Crippen molar-refractivity contribution in [3.8, 4) is 11.5 Å². The first kappa shape index (κ1) is 16.1. The summed E-state index contributed by atoms with van der Waals surface area (Å²) in [5.74, 6) is 1.17. The second-order valence-corrected chi connectivity index (χ2v) is 5.13. The number of methoxy groups -OCH3 is 1. The fourth-order valence-electron chi connectivity index (χ4n) is 2.05. The number of ketones is 1. The van der Waals surface area contributed by atoms with Crippen LogP contribution in [0, 0.1) is 0 Å². The highest BCUT2D eigenvalue weighted by atomic mass is 35.5. The van der Waals surface area contributed by atoms with Crippen LogP contribution >= 0.6 is 11.6 Å². The molecule has 0 aromatic heterocycles. The third kappa shape index (κ3) is 4.12. The van der Waals surface area contributed by atoms with Crippen LogP contribution < -0.4 is 4.74 Å². The number of phenolic OH excluding ortho intramolecular Hbond substituents is 1. The number of hydrogen-bond donors (Lipinski definition) is 1. The van der Waals surface area contributed by atoms with Crippen LogP contribution in [0.1, 0.15) is 21.5 Å². The number of aromatic hydroxyl groups is 1. The number of alkyl halides is 1. The van der Waals surface area contributed by atoms with E-state index in [0.29, 0.717) is 23.4 Å². The zero-order valence-corrected chi connectivity index (χ0v) is 13.0. The van der Waals surface area contributed by atoms with Crippen LogP contribution in [0.25, 0.3) is 6.08 Å². The molecule has 0 aliphatic heterocycles. The van der Waals surface area contributed by atoms with Crippen LogP contribution in [0.2, 0.25) is 0 Å². The molecule has 0 spiro atoms. The number of benzene rings is 2. The maximum absolute atomic E-state index is 12.2. The van der Waals surface area contributed by atoms with Gasteiger partial charge in [0, 0.05) is 11.4 Å². The number of aryl methyl sites for hydroxylation is 1. The van der Waals surface area contributed by atoms with Gasteiger partial charge in [0.15, 0.2) is 5.78 Å². The van der Waals surface area contributed by atoms with Crippen molar-refractivity contribution in [1.82, 2.24) is 0 Å². The molecule has 2 aromatic carbocycles. The Hall–Kier alpha value is -2.26. The summed E-state index contributed by atoms with van der Waals surface area (Å²) in [4.78, 5) is 12.2. The molecule has 4 heteroatoms. The molecule has 0 atom stereocenters. The number of allylic oxidation sites excluding steroid dienone is 1. The average molecular weight is 317 g/mol. The quantitative estimate of drug-likeness (QED) is 0.496. The Balaban J connectivity index is 2.17. The minimum atomic E-state index is -0.126. The molecule has 22 heavy (non-hydrogen) atoms. The summed E-state index contributed by atoms with van der Waals surface area (Å²) in [7, 11) is 1.60. The van der Waals surface area contributed by atoms with Gasteiger partial charge in [-0.3, -0.25) is 4.79 Å². The molecule has 0 aliphatic rings. The Bertz CT molecular complexity index is 692. The monoisotopic (exact) mass is 316 g/mol. The molecule has 3 nitrogen and oxygen atoms in total. The minimum Gasteiger partial charge on any atom is -0.508 e. The van der Waals surface area contributed by atoms with Gasteiger partial charge in [-0.05, 0) is 54.0 Å². The third-order valence-corrected chi connectivity index (χ3v) is 3.44. The maximum Gasteiger partial charge on any atom is 0.185 e. The van der Waals surface area contributed by atoms with Crippen LogP contribution in [0.5, 0.6) is 11.5 Å². The zero-order valence-electron chi connectivity index (χ0n) is 12.3. The lowest BCUT2D eigenvalue weighted by Crippen LogP contribution is -1.97. The molecule has 0 aliphatic carbocycles. The molecule has 2 rings (SSSR count). The van der Waals surface area contributed by atoms with E-state index in [1.165, 1.54) is 12.1 Å². The number of phenols is 1. The molecule has 0 radical (unpaired) electrons. The Kier molecular flexibility index (Phi) is 5.61. The predicted molar refractivity (Wildman–Crippen MR) is 88.9 cm³/mol. The van der Waals surface area contributed by atoms with Gasteiger partial charge in [-0.2, -0.15) is 0 Å². The fraction of sp³-hybridized carbons (Fsp3) is 0.167. The van der Waals surface area contributed by atoms with E-state index in [9.17, 15) is 9.90 Å². The van der Waals surface area contributed by atoms with E-state index >= 15 is 0 Å². The van der Waals surface area contributed by atoms with Gasteiger partial charge >= 0.3 is 0 Å². The zero-order chi connectivity index (χ0) is 15.9. The molecular formula is C18H17ClO3. The van der Waals surface area contributed by atoms with Gasteiger partial charge in [0.2, 0.25) is 0 Å². The predicted octanol–water partition coefficient (Wildman–Crippen LogP) is 4.08.